The average molecular weight is 696 g/mol. The number of rotatable bonds is 7. The second kappa shape index (κ2) is 11.8. The molecule has 3 aliphatic rings. The standard InChI is InChI=1S/C36H28F3N7O3S/c37-19-6-3-17(4-7-19)5-8-24-27(33-43-36(48)45-44-33)28(29-30(41-24)25-2-1-12-46(25)35(29)47)26-14-18-9-11-40-34(32(18)50-26)42-23-10-13-49-31-21(23)15-20(38)16-22(31)39/h3-4,6-7,9,11,14-16,23,25H,1-2,5,8,10,12-13H2,(H,40,42)(H2,43,44,45,48)/t23-,25+/m1/s1. The lowest BCUT2D eigenvalue weighted by atomic mass is 9.92. The third-order valence-corrected chi connectivity index (χ3v) is 10.9. The summed E-state index contributed by atoms with van der Waals surface area (Å²) in [5.74, 6) is -1.10. The normalized spacial score (nSPS) is 17.9. The van der Waals surface area contributed by atoms with Gasteiger partial charge in [0.25, 0.3) is 5.91 Å². The molecular weight excluding hydrogens is 668 g/mol. The van der Waals surface area contributed by atoms with Crippen molar-refractivity contribution in [2.45, 2.75) is 44.2 Å². The van der Waals surface area contributed by atoms with Gasteiger partial charge in [0.05, 0.1) is 45.9 Å². The second-order valence-corrected chi connectivity index (χ2v) is 13.8. The molecule has 50 heavy (non-hydrogen) atoms. The van der Waals surface area contributed by atoms with E-state index in [1.165, 1.54) is 29.5 Å². The van der Waals surface area contributed by atoms with Crippen LogP contribution < -0.4 is 15.7 Å². The summed E-state index contributed by atoms with van der Waals surface area (Å²) in [6.45, 7) is 0.866. The first-order valence-corrected chi connectivity index (χ1v) is 17.2. The smallest absolute Gasteiger partial charge is 0.340 e. The summed E-state index contributed by atoms with van der Waals surface area (Å²) in [4.78, 5) is 41.7. The van der Waals surface area contributed by atoms with Crippen molar-refractivity contribution < 1.29 is 22.7 Å². The Morgan fingerprint density at radius 1 is 0.980 bits per heavy atom. The highest BCUT2D eigenvalue weighted by Gasteiger charge is 2.44. The Morgan fingerprint density at radius 2 is 1.84 bits per heavy atom. The minimum atomic E-state index is -0.757. The highest BCUT2D eigenvalue weighted by atomic mass is 32.1. The summed E-state index contributed by atoms with van der Waals surface area (Å²) >= 11 is 1.42. The van der Waals surface area contributed by atoms with Crippen LogP contribution in [0, 0.1) is 17.5 Å². The molecule has 6 aromatic rings. The van der Waals surface area contributed by atoms with Gasteiger partial charge in [-0.25, -0.2) is 28.0 Å². The molecular formula is C36H28F3N7O3S. The van der Waals surface area contributed by atoms with Gasteiger partial charge in [0.2, 0.25) is 0 Å². The number of amides is 1. The Bertz CT molecular complexity index is 2390. The van der Waals surface area contributed by atoms with E-state index < -0.39 is 23.4 Å². The zero-order valence-corrected chi connectivity index (χ0v) is 27.2. The van der Waals surface area contributed by atoms with Crippen molar-refractivity contribution in [1.29, 1.82) is 0 Å². The Labute approximate surface area is 286 Å². The Kier molecular flexibility index (Phi) is 7.23. The summed E-state index contributed by atoms with van der Waals surface area (Å²) < 4.78 is 48.9. The molecule has 252 valence electrons. The molecule has 9 rings (SSSR count). The van der Waals surface area contributed by atoms with Crippen LogP contribution in [-0.4, -0.2) is 49.1 Å². The number of fused-ring (bicyclic) bond motifs is 5. The van der Waals surface area contributed by atoms with E-state index in [1.807, 2.05) is 17.0 Å². The first kappa shape index (κ1) is 30.6. The van der Waals surface area contributed by atoms with Gasteiger partial charge >= 0.3 is 5.69 Å². The number of ether oxygens (including phenoxy) is 1. The van der Waals surface area contributed by atoms with Crippen LogP contribution in [0.2, 0.25) is 0 Å². The van der Waals surface area contributed by atoms with Gasteiger partial charge in [-0.2, -0.15) is 5.10 Å². The van der Waals surface area contributed by atoms with Crippen molar-refractivity contribution in [3.63, 3.8) is 0 Å². The van der Waals surface area contributed by atoms with Crippen molar-refractivity contribution in [2.24, 2.45) is 0 Å². The summed E-state index contributed by atoms with van der Waals surface area (Å²) in [6.07, 6.45) is 4.76. The Morgan fingerprint density at radius 3 is 2.66 bits per heavy atom. The average Bonchev–Trinajstić information content (AvgIpc) is 3.91. The summed E-state index contributed by atoms with van der Waals surface area (Å²) in [5, 5.41) is 11.0. The molecule has 0 unspecified atom stereocenters. The largest absolute Gasteiger partial charge is 0.490 e. The van der Waals surface area contributed by atoms with E-state index in [9.17, 15) is 22.8 Å². The van der Waals surface area contributed by atoms with Crippen molar-refractivity contribution in [1.82, 2.24) is 30.0 Å². The van der Waals surface area contributed by atoms with Gasteiger partial charge in [-0.05, 0) is 67.0 Å². The first-order valence-electron chi connectivity index (χ1n) is 16.4. The minimum absolute atomic E-state index is 0.0198. The van der Waals surface area contributed by atoms with E-state index in [0.29, 0.717) is 65.3 Å². The van der Waals surface area contributed by atoms with Gasteiger partial charge in [-0.15, -0.1) is 11.3 Å². The fourth-order valence-electron chi connectivity index (χ4n) is 7.47. The molecule has 0 bridgehead atoms. The van der Waals surface area contributed by atoms with Crippen LogP contribution in [0.15, 0.2) is 59.5 Å². The SMILES string of the molecule is O=C1c2c(nc(CCc3ccc(F)cc3)c(-c3n[nH]c(=O)[nH]3)c2-c2cc3ccnc(N[C@@H]4CCOc5c(F)cc(F)cc54)c3s2)[C@@H]2CCCN12. The second-order valence-electron chi connectivity index (χ2n) is 12.7. The van der Waals surface area contributed by atoms with Crippen LogP contribution in [0.4, 0.5) is 19.0 Å². The lowest BCUT2D eigenvalue weighted by Crippen LogP contribution is -2.22. The summed E-state index contributed by atoms with van der Waals surface area (Å²) in [6, 6.07) is 11.6. The molecule has 0 radical (unpaired) electrons. The number of H-pyrrole nitrogens is 2. The van der Waals surface area contributed by atoms with Crippen molar-refractivity contribution >= 4 is 33.1 Å². The van der Waals surface area contributed by atoms with E-state index in [-0.39, 0.29) is 35.9 Å². The van der Waals surface area contributed by atoms with Crippen molar-refractivity contribution in [3.05, 3.63) is 111 Å². The van der Waals surface area contributed by atoms with Crippen molar-refractivity contribution in [3.8, 4) is 27.6 Å². The van der Waals surface area contributed by atoms with Gasteiger partial charge in [0, 0.05) is 41.2 Å². The number of nitrogens with zero attached hydrogens (tertiary/aromatic N) is 4. The maximum Gasteiger partial charge on any atom is 0.340 e. The number of carbonyl (C=O) groups is 1. The molecule has 3 N–H and O–H groups in total. The predicted molar refractivity (Wildman–Crippen MR) is 181 cm³/mol. The van der Waals surface area contributed by atoms with Gasteiger partial charge in [0.1, 0.15) is 17.5 Å². The Balaban J connectivity index is 1.21. The van der Waals surface area contributed by atoms with E-state index in [0.717, 1.165) is 39.4 Å². The molecule has 14 heteroatoms. The van der Waals surface area contributed by atoms with Gasteiger partial charge in [-0.3, -0.25) is 14.8 Å². The number of hydrogen-bond donors (Lipinski definition) is 3. The number of aromatic nitrogens is 5. The highest BCUT2D eigenvalue weighted by Crippen LogP contribution is 2.50. The van der Waals surface area contributed by atoms with Crippen LogP contribution in [0.3, 0.4) is 0 Å². The zero-order chi connectivity index (χ0) is 34.1. The molecule has 3 aliphatic heterocycles. The molecule has 0 saturated carbocycles. The number of carbonyl (C=O) groups excluding carboxylic acids is 1. The number of aryl methyl sites for hydroxylation is 2. The number of nitrogens with one attached hydrogen (secondary N) is 3. The zero-order valence-electron chi connectivity index (χ0n) is 26.4. The van der Waals surface area contributed by atoms with E-state index in [2.05, 4.69) is 25.5 Å². The molecule has 0 spiro atoms. The highest BCUT2D eigenvalue weighted by molar-refractivity contribution is 7.23. The number of pyridine rings is 2. The monoisotopic (exact) mass is 695 g/mol. The van der Waals surface area contributed by atoms with E-state index in [4.69, 9.17) is 9.72 Å². The molecule has 10 nitrogen and oxygen atoms in total. The van der Waals surface area contributed by atoms with Crippen LogP contribution in [0.25, 0.3) is 31.9 Å². The van der Waals surface area contributed by atoms with Crippen LogP contribution in [-0.2, 0) is 12.8 Å². The topological polar surface area (TPSA) is 129 Å². The number of thiophene rings is 1. The van der Waals surface area contributed by atoms with Crippen LogP contribution in [0.1, 0.15) is 64.2 Å². The third-order valence-electron chi connectivity index (χ3n) is 9.70. The van der Waals surface area contributed by atoms with E-state index in [1.54, 1.807) is 18.3 Å². The lowest BCUT2D eigenvalue weighted by molar-refractivity contribution is 0.0776. The molecule has 1 saturated heterocycles. The summed E-state index contributed by atoms with van der Waals surface area (Å²) in [7, 11) is 0. The fraction of sp³-hybridized carbons (Fsp3) is 0.250. The molecule has 0 aliphatic carbocycles. The maximum absolute atomic E-state index is 14.6. The molecule has 4 aromatic heterocycles. The van der Waals surface area contributed by atoms with Gasteiger partial charge in [0.15, 0.2) is 17.4 Å². The molecule has 2 atom stereocenters. The van der Waals surface area contributed by atoms with Crippen molar-refractivity contribution in [2.75, 3.05) is 18.5 Å². The predicted octanol–water partition coefficient (Wildman–Crippen LogP) is 6.87. The lowest BCUT2D eigenvalue weighted by Gasteiger charge is -2.27. The number of halogens is 3. The Hall–Kier alpha value is -5.50. The molecule has 2 aromatic carbocycles. The number of anilines is 1. The third kappa shape index (κ3) is 5.04. The first-order chi connectivity index (χ1) is 24.3. The quantitative estimate of drug-likeness (QED) is 0.166. The molecule has 7 heterocycles. The fourth-order valence-corrected chi connectivity index (χ4v) is 8.63. The number of aromatic amines is 2. The van der Waals surface area contributed by atoms with Gasteiger partial charge in [-0.1, -0.05) is 12.1 Å². The summed E-state index contributed by atoms with van der Waals surface area (Å²) in [5.41, 5.74) is 3.79. The van der Waals surface area contributed by atoms with Gasteiger partial charge < -0.3 is 15.0 Å². The van der Waals surface area contributed by atoms with Crippen LogP contribution in [0.5, 0.6) is 5.75 Å². The molecule has 1 fully saturated rings. The molecule has 1 amide bonds. The number of hydrogen-bond acceptors (Lipinski definition) is 8. The number of benzene rings is 2. The minimum Gasteiger partial charge on any atom is -0.490 e. The van der Waals surface area contributed by atoms with E-state index >= 15 is 0 Å². The maximum atomic E-state index is 14.6. The van der Waals surface area contributed by atoms with Crippen LogP contribution >= 0.6 is 11.3 Å².